The molecule has 0 aromatic carbocycles. The molecule has 8 nitrogen and oxygen atoms in total. The zero-order valence-corrected chi connectivity index (χ0v) is 8.01. The minimum Gasteiger partial charge on any atom is -0.470 e. The monoisotopic (exact) mass is 214 g/mol. The summed E-state index contributed by atoms with van der Waals surface area (Å²) >= 11 is 0. The lowest BCUT2D eigenvalue weighted by molar-refractivity contribution is -0.385. The van der Waals surface area contributed by atoms with Gasteiger partial charge >= 0.3 is 5.69 Å². The van der Waals surface area contributed by atoms with Crippen molar-refractivity contribution in [2.24, 2.45) is 0 Å². The summed E-state index contributed by atoms with van der Waals surface area (Å²) in [7, 11) is 1.51. The minimum absolute atomic E-state index is 0.0546. The van der Waals surface area contributed by atoms with Crippen LogP contribution in [-0.4, -0.2) is 40.3 Å². The van der Waals surface area contributed by atoms with E-state index in [0.29, 0.717) is 0 Å². The molecule has 8 heteroatoms. The normalized spacial score (nSPS) is 9.73. The SMILES string of the molecule is CNc1ncnc(OCCO)c1[N+](=O)[O-]. The first kappa shape index (κ1) is 11.1. The molecular weight excluding hydrogens is 204 g/mol. The first-order chi connectivity index (χ1) is 7.20. The van der Waals surface area contributed by atoms with E-state index in [1.54, 1.807) is 0 Å². The van der Waals surface area contributed by atoms with Crippen molar-refractivity contribution in [1.82, 2.24) is 9.97 Å². The highest BCUT2D eigenvalue weighted by Crippen LogP contribution is 2.29. The molecule has 0 aliphatic heterocycles. The van der Waals surface area contributed by atoms with Gasteiger partial charge in [-0.3, -0.25) is 10.1 Å². The third-order valence-electron chi connectivity index (χ3n) is 1.54. The Labute approximate surface area is 85.1 Å². The largest absolute Gasteiger partial charge is 0.470 e. The molecule has 0 aliphatic carbocycles. The zero-order chi connectivity index (χ0) is 11.3. The molecule has 0 saturated heterocycles. The van der Waals surface area contributed by atoms with Crippen LogP contribution in [0.1, 0.15) is 0 Å². The average molecular weight is 214 g/mol. The summed E-state index contributed by atoms with van der Waals surface area (Å²) in [4.78, 5) is 17.4. The highest BCUT2D eigenvalue weighted by atomic mass is 16.6. The minimum atomic E-state index is -0.640. The van der Waals surface area contributed by atoms with Crippen molar-refractivity contribution in [1.29, 1.82) is 0 Å². The molecule has 0 amide bonds. The van der Waals surface area contributed by atoms with Crippen molar-refractivity contribution >= 4 is 11.5 Å². The Kier molecular flexibility index (Phi) is 3.75. The van der Waals surface area contributed by atoms with E-state index in [2.05, 4.69) is 15.3 Å². The van der Waals surface area contributed by atoms with Gasteiger partial charge in [0.05, 0.1) is 11.5 Å². The van der Waals surface area contributed by atoms with E-state index in [1.807, 2.05) is 0 Å². The van der Waals surface area contributed by atoms with Crippen molar-refractivity contribution in [2.45, 2.75) is 0 Å². The van der Waals surface area contributed by atoms with Gasteiger partial charge in [-0.2, -0.15) is 4.98 Å². The van der Waals surface area contributed by atoms with Crippen LogP contribution in [0.5, 0.6) is 5.88 Å². The summed E-state index contributed by atoms with van der Waals surface area (Å²) < 4.78 is 4.91. The van der Waals surface area contributed by atoms with Gasteiger partial charge < -0.3 is 15.2 Å². The number of anilines is 1. The van der Waals surface area contributed by atoms with Crippen LogP contribution >= 0.6 is 0 Å². The first-order valence-electron chi connectivity index (χ1n) is 4.11. The Bertz CT molecular complexity index is 357. The quantitative estimate of drug-likeness (QED) is 0.515. The molecular formula is C7H10N4O4. The van der Waals surface area contributed by atoms with Crippen molar-refractivity contribution in [3.05, 3.63) is 16.4 Å². The molecule has 1 aromatic heterocycles. The van der Waals surface area contributed by atoms with E-state index in [0.717, 1.165) is 6.33 Å². The van der Waals surface area contributed by atoms with Gasteiger partial charge in [0, 0.05) is 7.05 Å². The Hall–Kier alpha value is -1.96. The Balaban J connectivity index is 3.07. The highest BCUT2D eigenvalue weighted by molar-refractivity contribution is 5.60. The van der Waals surface area contributed by atoms with Gasteiger partial charge in [-0.25, -0.2) is 4.98 Å². The Morgan fingerprint density at radius 3 is 2.93 bits per heavy atom. The summed E-state index contributed by atoms with van der Waals surface area (Å²) in [6.45, 7) is -0.295. The molecule has 0 radical (unpaired) electrons. The molecule has 0 atom stereocenters. The molecule has 0 fully saturated rings. The van der Waals surface area contributed by atoms with E-state index in [4.69, 9.17) is 9.84 Å². The molecule has 1 aromatic rings. The summed E-state index contributed by atoms with van der Waals surface area (Å²) in [5.41, 5.74) is -0.339. The number of ether oxygens (including phenoxy) is 1. The molecule has 0 bridgehead atoms. The number of nitro groups is 1. The number of hydrogen-bond donors (Lipinski definition) is 2. The van der Waals surface area contributed by atoms with E-state index < -0.39 is 4.92 Å². The lowest BCUT2D eigenvalue weighted by Gasteiger charge is -2.05. The molecule has 15 heavy (non-hydrogen) atoms. The lowest BCUT2D eigenvalue weighted by atomic mass is 10.4. The van der Waals surface area contributed by atoms with Crippen LogP contribution in [0.3, 0.4) is 0 Å². The predicted molar refractivity (Wildman–Crippen MR) is 50.8 cm³/mol. The third-order valence-corrected chi connectivity index (χ3v) is 1.54. The van der Waals surface area contributed by atoms with Gasteiger partial charge in [0.1, 0.15) is 12.9 Å². The van der Waals surface area contributed by atoms with Gasteiger partial charge in [0.15, 0.2) is 0 Å². The third kappa shape index (κ3) is 2.50. The molecule has 82 valence electrons. The van der Waals surface area contributed by atoms with Gasteiger partial charge in [-0.05, 0) is 0 Å². The van der Waals surface area contributed by atoms with Crippen LogP contribution in [0.25, 0.3) is 0 Å². The number of nitrogens with one attached hydrogen (secondary N) is 1. The summed E-state index contributed by atoms with van der Waals surface area (Å²) in [5.74, 6) is -0.0867. The summed E-state index contributed by atoms with van der Waals surface area (Å²) in [5, 5.41) is 21.8. The van der Waals surface area contributed by atoms with Crippen LogP contribution in [0, 0.1) is 10.1 Å². The van der Waals surface area contributed by atoms with E-state index in [1.165, 1.54) is 7.05 Å². The predicted octanol–water partition coefficient (Wildman–Crippen LogP) is -0.202. The average Bonchev–Trinajstić information content (AvgIpc) is 2.25. The number of rotatable bonds is 5. The number of aliphatic hydroxyl groups excluding tert-OH is 1. The first-order valence-corrected chi connectivity index (χ1v) is 4.11. The molecule has 1 heterocycles. The molecule has 2 N–H and O–H groups in total. The van der Waals surface area contributed by atoms with Crippen LogP contribution in [0.15, 0.2) is 6.33 Å². The van der Waals surface area contributed by atoms with Gasteiger partial charge in [0.25, 0.3) is 5.88 Å². The molecule has 0 saturated carbocycles. The standard InChI is InChI=1S/C7H10N4O4/c1-8-6-5(11(13)14)7(10-4-9-6)15-3-2-12/h4,12H,2-3H2,1H3,(H,8,9,10). The molecule has 0 unspecified atom stereocenters. The smallest absolute Gasteiger partial charge is 0.372 e. The zero-order valence-electron chi connectivity index (χ0n) is 8.01. The summed E-state index contributed by atoms with van der Waals surface area (Å²) in [6.07, 6.45) is 1.14. The maximum Gasteiger partial charge on any atom is 0.372 e. The molecule has 0 aliphatic rings. The van der Waals surface area contributed by atoms with E-state index in [-0.39, 0.29) is 30.6 Å². The number of aromatic nitrogens is 2. The Morgan fingerprint density at radius 2 is 2.40 bits per heavy atom. The fourth-order valence-electron chi connectivity index (χ4n) is 0.958. The van der Waals surface area contributed by atoms with Gasteiger partial charge in [-0.1, -0.05) is 0 Å². The van der Waals surface area contributed by atoms with Crippen LogP contribution in [-0.2, 0) is 0 Å². The topological polar surface area (TPSA) is 110 Å². The maximum atomic E-state index is 10.7. The second kappa shape index (κ2) is 5.05. The van der Waals surface area contributed by atoms with Crippen LogP contribution < -0.4 is 10.1 Å². The van der Waals surface area contributed by atoms with E-state index >= 15 is 0 Å². The van der Waals surface area contributed by atoms with Crippen molar-refractivity contribution in [3.8, 4) is 5.88 Å². The fourth-order valence-corrected chi connectivity index (χ4v) is 0.958. The van der Waals surface area contributed by atoms with Crippen molar-refractivity contribution in [2.75, 3.05) is 25.6 Å². The lowest BCUT2D eigenvalue weighted by Crippen LogP contribution is -2.08. The van der Waals surface area contributed by atoms with Crippen molar-refractivity contribution in [3.63, 3.8) is 0 Å². The van der Waals surface area contributed by atoms with Crippen molar-refractivity contribution < 1.29 is 14.8 Å². The maximum absolute atomic E-state index is 10.7. The molecule has 0 spiro atoms. The number of nitrogens with zero attached hydrogens (tertiary/aromatic N) is 3. The Morgan fingerprint density at radius 1 is 1.67 bits per heavy atom. The number of hydrogen-bond acceptors (Lipinski definition) is 7. The number of aliphatic hydroxyl groups is 1. The van der Waals surface area contributed by atoms with Gasteiger partial charge in [-0.15, -0.1) is 0 Å². The highest BCUT2D eigenvalue weighted by Gasteiger charge is 2.23. The van der Waals surface area contributed by atoms with Gasteiger partial charge in [0.2, 0.25) is 5.82 Å². The molecule has 1 rings (SSSR count). The second-order valence-corrected chi connectivity index (χ2v) is 2.46. The summed E-state index contributed by atoms with van der Waals surface area (Å²) in [6, 6.07) is 0. The van der Waals surface area contributed by atoms with Crippen LogP contribution in [0.2, 0.25) is 0 Å². The fraction of sp³-hybridized carbons (Fsp3) is 0.429. The van der Waals surface area contributed by atoms with Crippen LogP contribution in [0.4, 0.5) is 11.5 Å². The van der Waals surface area contributed by atoms with E-state index in [9.17, 15) is 10.1 Å². The second-order valence-electron chi connectivity index (χ2n) is 2.46.